The van der Waals surface area contributed by atoms with E-state index in [4.69, 9.17) is 4.74 Å². The number of H-pyrrole nitrogens is 1. The maximum absolute atomic E-state index is 12.6. The number of hydrogen-bond acceptors (Lipinski definition) is 2. The van der Waals surface area contributed by atoms with E-state index in [9.17, 15) is 4.79 Å². The minimum absolute atomic E-state index is 0.0196. The second-order valence-electron chi connectivity index (χ2n) is 9.82. The molecule has 1 N–H and O–H groups in total. The maximum Gasteiger partial charge on any atom is 0.355 e. The van der Waals surface area contributed by atoms with E-state index in [1.54, 1.807) is 0 Å². The largest absolute Gasteiger partial charge is 0.461 e. The second kappa shape index (κ2) is 5.97. The van der Waals surface area contributed by atoms with Crippen molar-refractivity contribution in [1.29, 1.82) is 0 Å². The van der Waals surface area contributed by atoms with E-state index in [0.717, 1.165) is 16.7 Å². The highest BCUT2D eigenvalue weighted by Gasteiger charge is 2.31. The molecule has 0 unspecified atom stereocenters. The molecular weight excluding hydrogens is 346 g/mol. The lowest BCUT2D eigenvalue weighted by Gasteiger charge is -2.23. The molecule has 0 atom stereocenters. The number of carbonyl (C=O) groups is 1. The van der Waals surface area contributed by atoms with Crippen LogP contribution in [0.4, 0.5) is 0 Å². The zero-order valence-corrected chi connectivity index (χ0v) is 17.9. The van der Waals surface area contributed by atoms with Gasteiger partial charge in [0.15, 0.2) is 0 Å². The van der Waals surface area contributed by atoms with Gasteiger partial charge in [-0.15, -0.1) is 0 Å². The normalized spacial score (nSPS) is 13.1. The fraction of sp³-hybridized carbons (Fsp3) is 0.400. The fourth-order valence-electron chi connectivity index (χ4n) is 4.07. The van der Waals surface area contributed by atoms with Crippen LogP contribution in [0.25, 0.3) is 33.0 Å². The van der Waals surface area contributed by atoms with E-state index >= 15 is 0 Å². The smallest absolute Gasteiger partial charge is 0.355 e. The average Bonchev–Trinajstić information content (AvgIpc) is 3.14. The lowest BCUT2D eigenvalue weighted by molar-refractivity contribution is 0.0521. The standard InChI is InChI=1S/C25H29NO2/c1-8-28-23(27)22-21-18-12-16(25(5,6)7)10-14-9-15(24(2,3)4)11-17(20(14)18)19(21)13-26-22/h9-13,26H,8H2,1-7H3. The third kappa shape index (κ3) is 2.76. The van der Waals surface area contributed by atoms with Crippen molar-refractivity contribution in [2.75, 3.05) is 6.61 Å². The highest BCUT2D eigenvalue weighted by molar-refractivity contribution is 6.19. The van der Waals surface area contributed by atoms with E-state index in [-0.39, 0.29) is 16.8 Å². The summed E-state index contributed by atoms with van der Waals surface area (Å²) < 4.78 is 5.31. The van der Waals surface area contributed by atoms with Crippen LogP contribution in [0.3, 0.4) is 0 Å². The lowest BCUT2D eigenvalue weighted by Crippen LogP contribution is -2.12. The summed E-state index contributed by atoms with van der Waals surface area (Å²) in [6.07, 6.45) is 1.96. The summed E-state index contributed by atoms with van der Waals surface area (Å²) in [6.45, 7) is 15.6. The first kappa shape index (κ1) is 18.8. The fourth-order valence-corrected chi connectivity index (χ4v) is 4.07. The molecule has 0 saturated carbocycles. The number of fused-ring (bicyclic) bond motifs is 3. The van der Waals surface area contributed by atoms with E-state index < -0.39 is 0 Å². The molecule has 0 radical (unpaired) electrons. The molecule has 146 valence electrons. The van der Waals surface area contributed by atoms with Crippen LogP contribution >= 0.6 is 0 Å². The van der Waals surface area contributed by atoms with Crippen molar-refractivity contribution >= 4 is 16.7 Å². The Morgan fingerprint density at radius 1 is 0.893 bits per heavy atom. The number of aromatic nitrogens is 1. The van der Waals surface area contributed by atoms with Crippen molar-refractivity contribution in [2.24, 2.45) is 0 Å². The third-order valence-electron chi connectivity index (χ3n) is 5.70. The van der Waals surface area contributed by atoms with Crippen LogP contribution in [0.15, 0.2) is 30.5 Å². The summed E-state index contributed by atoms with van der Waals surface area (Å²) in [5.74, 6) is -0.290. The summed E-state index contributed by atoms with van der Waals surface area (Å²) >= 11 is 0. The van der Waals surface area contributed by atoms with Gasteiger partial charge in [-0.25, -0.2) is 4.79 Å². The first-order valence-corrected chi connectivity index (χ1v) is 10.0. The molecule has 3 aromatic rings. The molecular formula is C25H29NO2. The predicted molar refractivity (Wildman–Crippen MR) is 116 cm³/mol. The molecule has 1 heterocycles. The number of nitrogens with one attached hydrogen (secondary N) is 1. The van der Waals surface area contributed by atoms with Gasteiger partial charge in [0.25, 0.3) is 0 Å². The van der Waals surface area contributed by atoms with Crippen LogP contribution in [-0.2, 0) is 15.6 Å². The zero-order valence-electron chi connectivity index (χ0n) is 17.9. The molecule has 3 heteroatoms. The predicted octanol–water partition coefficient (Wildman–Crippen LogP) is 6.59. The Bertz CT molecular complexity index is 1100. The van der Waals surface area contributed by atoms with Crippen LogP contribution in [0.2, 0.25) is 0 Å². The van der Waals surface area contributed by atoms with Crippen LogP contribution in [-0.4, -0.2) is 17.6 Å². The Morgan fingerprint density at radius 3 is 2.00 bits per heavy atom. The first-order chi connectivity index (χ1) is 13.0. The van der Waals surface area contributed by atoms with Gasteiger partial charge in [0.05, 0.1) is 6.61 Å². The maximum atomic E-state index is 12.6. The Kier molecular flexibility index (Phi) is 4.01. The van der Waals surface area contributed by atoms with Gasteiger partial charge in [-0.05, 0) is 62.9 Å². The van der Waals surface area contributed by atoms with Crippen LogP contribution in [0, 0.1) is 0 Å². The Labute approximate surface area is 167 Å². The molecule has 28 heavy (non-hydrogen) atoms. The van der Waals surface area contributed by atoms with Gasteiger partial charge < -0.3 is 9.72 Å². The number of ether oxygens (including phenoxy) is 1. The molecule has 1 aliphatic rings. The average molecular weight is 376 g/mol. The molecule has 3 nitrogen and oxygen atoms in total. The van der Waals surface area contributed by atoms with E-state index in [1.165, 1.54) is 27.5 Å². The molecule has 0 bridgehead atoms. The van der Waals surface area contributed by atoms with Crippen molar-refractivity contribution in [2.45, 2.75) is 59.3 Å². The molecule has 0 fully saturated rings. The van der Waals surface area contributed by atoms with Crippen LogP contribution in [0.5, 0.6) is 0 Å². The molecule has 0 amide bonds. The van der Waals surface area contributed by atoms with Gasteiger partial charge in [0.1, 0.15) is 5.69 Å². The quantitative estimate of drug-likeness (QED) is 0.402. The minimum atomic E-state index is -0.290. The Hall–Kier alpha value is -2.55. The van der Waals surface area contributed by atoms with Crippen molar-refractivity contribution in [1.82, 2.24) is 4.98 Å². The van der Waals surface area contributed by atoms with E-state index in [2.05, 4.69) is 70.8 Å². The Morgan fingerprint density at radius 2 is 1.46 bits per heavy atom. The zero-order chi connectivity index (χ0) is 20.4. The summed E-state index contributed by atoms with van der Waals surface area (Å²) in [6, 6.07) is 9.18. The summed E-state index contributed by atoms with van der Waals surface area (Å²) in [4.78, 5) is 15.8. The van der Waals surface area contributed by atoms with Gasteiger partial charge in [0, 0.05) is 17.3 Å². The summed E-state index contributed by atoms with van der Waals surface area (Å²) in [5, 5.41) is 2.49. The number of aromatic amines is 1. The topological polar surface area (TPSA) is 42.1 Å². The minimum Gasteiger partial charge on any atom is -0.461 e. The van der Waals surface area contributed by atoms with Crippen molar-refractivity contribution in [3.05, 3.63) is 47.3 Å². The molecule has 2 aromatic carbocycles. The van der Waals surface area contributed by atoms with Crippen LogP contribution < -0.4 is 0 Å². The molecule has 1 aromatic heterocycles. The first-order valence-electron chi connectivity index (χ1n) is 10.0. The van der Waals surface area contributed by atoms with Gasteiger partial charge in [0.2, 0.25) is 0 Å². The Balaban J connectivity index is 2.09. The van der Waals surface area contributed by atoms with Gasteiger partial charge in [-0.3, -0.25) is 0 Å². The summed E-state index contributed by atoms with van der Waals surface area (Å²) in [7, 11) is 0. The second-order valence-corrected chi connectivity index (χ2v) is 9.82. The lowest BCUT2D eigenvalue weighted by atomic mass is 9.81. The third-order valence-corrected chi connectivity index (χ3v) is 5.70. The van der Waals surface area contributed by atoms with E-state index in [0.29, 0.717) is 12.3 Å². The van der Waals surface area contributed by atoms with E-state index in [1.807, 2.05) is 13.1 Å². The van der Waals surface area contributed by atoms with Crippen molar-refractivity contribution in [3.8, 4) is 22.3 Å². The highest BCUT2D eigenvalue weighted by Crippen LogP contribution is 2.51. The number of rotatable bonds is 2. The molecule has 0 aliphatic heterocycles. The van der Waals surface area contributed by atoms with Gasteiger partial charge in [-0.2, -0.15) is 0 Å². The molecule has 4 rings (SSSR count). The molecule has 1 aliphatic carbocycles. The molecule has 0 spiro atoms. The SMILES string of the molecule is CCOC(=O)c1[nH]cc2c1-c1cc(C(C)(C)C)cc3cc(C(C)(C)C)cc-2c13. The van der Waals surface area contributed by atoms with Gasteiger partial charge >= 0.3 is 5.97 Å². The number of benzene rings is 2. The monoisotopic (exact) mass is 375 g/mol. The van der Waals surface area contributed by atoms with Crippen LogP contribution in [0.1, 0.15) is 70.1 Å². The van der Waals surface area contributed by atoms with Gasteiger partial charge in [-0.1, -0.05) is 53.7 Å². The van der Waals surface area contributed by atoms with Crippen molar-refractivity contribution in [3.63, 3.8) is 0 Å². The highest BCUT2D eigenvalue weighted by atomic mass is 16.5. The summed E-state index contributed by atoms with van der Waals surface area (Å²) in [5.41, 5.74) is 7.62. The number of esters is 1. The van der Waals surface area contributed by atoms with Crippen molar-refractivity contribution < 1.29 is 9.53 Å². The molecule has 0 saturated heterocycles. The number of hydrogen-bond donors (Lipinski definition) is 1. The number of carbonyl (C=O) groups excluding carboxylic acids is 1.